The first-order valence-corrected chi connectivity index (χ1v) is 6.61. The van der Waals surface area contributed by atoms with Gasteiger partial charge in [-0.25, -0.2) is 4.39 Å². The Morgan fingerprint density at radius 2 is 2.05 bits per heavy atom. The summed E-state index contributed by atoms with van der Waals surface area (Å²) in [5, 5.41) is 2.77. The Morgan fingerprint density at radius 1 is 1.43 bits per heavy atom. The van der Waals surface area contributed by atoms with Crippen LogP contribution in [0.15, 0.2) is 18.2 Å². The van der Waals surface area contributed by atoms with Crippen molar-refractivity contribution in [1.29, 1.82) is 0 Å². The van der Waals surface area contributed by atoms with E-state index in [4.69, 9.17) is 10.5 Å². The fourth-order valence-corrected chi connectivity index (χ4v) is 1.70. The molecular weight excluding hydrogens is 295 g/mol. The molecule has 0 aliphatic heterocycles. The first kappa shape index (κ1) is 19.7. The maximum Gasteiger partial charge on any atom is 0.237 e. The van der Waals surface area contributed by atoms with Crippen molar-refractivity contribution in [3.8, 4) is 5.75 Å². The normalized spacial score (nSPS) is 12.3. The van der Waals surface area contributed by atoms with Crippen molar-refractivity contribution < 1.29 is 13.9 Å². The molecule has 0 saturated carbocycles. The van der Waals surface area contributed by atoms with Gasteiger partial charge in [0.15, 0.2) is 11.6 Å². The van der Waals surface area contributed by atoms with E-state index in [1.807, 2.05) is 20.8 Å². The van der Waals surface area contributed by atoms with E-state index in [0.29, 0.717) is 13.0 Å². The van der Waals surface area contributed by atoms with Crippen LogP contribution >= 0.6 is 12.4 Å². The summed E-state index contributed by atoms with van der Waals surface area (Å²) >= 11 is 0. The molecular formula is C15H24ClFN2O2. The summed E-state index contributed by atoms with van der Waals surface area (Å²) in [5.74, 6) is -0.373. The lowest BCUT2D eigenvalue weighted by Crippen LogP contribution is -2.48. The van der Waals surface area contributed by atoms with Gasteiger partial charge in [0.25, 0.3) is 0 Å². The number of rotatable bonds is 5. The summed E-state index contributed by atoms with van der Waals surface area (Å²) in [6.07, 6.45) is 0.545. The van der Waals surface area contributed by atoms with Gasteiger partial charge in [0.2, 0.25) is 5.91 Å². The van der Waals surface area contributed by atoms with E-state index in [2.05, 4.69) is 5.32 Å². The van der Waals surface area contributed by atoms with Gasteiger partial charge < -0.3 is 15.8 Å². The molecule has 1 amide bonds. The van der Waals surface area contributed by atoms with E-state index in [-0.39, 0.29) is 29.5 Å². The van der Waals surface area contributed by atoms with Crippen molar-refractivity contribution in [2.24, 2.45) is 11.1 Å². The predicted octanol–water partition coefficient (Wildman–Crippen LogP) is 2.29. The molecule has 0 fully saturated rings. The first-order valence-electron chi connectivity index (χ1n) is 6.61. The minimum absolute atomic E-state index is 0. The van der Waals surface area contributed by atoms with Gasteiger partial charge in [-0.1, -0.05) is 26.8 Å². The molecule has 0 radical (unpaired) electrons. The maximum atomic E-state index is 13.5. The number of nitrogens with one attached hydrogen (secondary N) is 1. The zero-order valence-corrected chi connectivity index (χ0v) is 13.7. The van der Waals surface area contributed by atoms with Gasteiger partial charge in [-0.3, -0.25) is 4.79 Å². The third kappa shape index (κ3) is 5.89. The summed E-state index contributed by atoms with van der Waals surface area (Å²) in [6.45, 7) is 6.16. The van der Waals surface area contributed by atoms with Crippen LogP contribution in [0.1, 0.15) is 26.3 Å². The molecule has 4 nitrogen and oxygen atoms in total. The molecule has 3 N–H and O–H groups in total. The number of nitrogens with two attached hydrogens (primary N) is 1. The highest BCUT2D eigenvalue weighted by molar-refractivity contribution is 5.85. The predicted molar refractivity (Wildman–Crippen MR) is 84.3 cm³/mol. The molecule has 0 heterocycles. The van der Waals surface area contributed by atoms with Crippen LogP contribution in [0, 0.1) is 11.2 Å². The van der Waals surface area contributed by atoms with E-state index in [9.17, 15) is 9.18 Å². The molecule has 0 bridgehead atoms. The molecule has 0 aliphatic rings. The molecule has 1 rings (SSSR count). The van der Waals surface area contributed by atoms with Crippen molar-refractivity contribution in [3.05, 3.63) is 29.6 Å². The Hall–Kier alpha value is -1.33. The van der Waals surface area contributed by atoms with E-state index in [1.54, 1.807) is 12.1 Å². The molecule has 6 heteroatoms. The molecule has 120 valence electrons. The third-order valence-corrected chi connectivity index (χ3v) is 3.14. The molecule has 0 unspecified atom stereocenters. The van der Waals surface area contributed by atoms with Gasteiger partial charge in [0.05, 0.1) is 13.2 Å². The van der Waals surface area contributed by atoms with Crippen LogP contribution in [-0.2, 0) is 11.2 Å². The Morgan fingerprint density at radius 3 is 2.52 bits per heavy atom. The Labute approximate surface area is 131 Å². The SMILES string of the molecule is COc1ccc(CCNC(=O)[C@@H](N)C(C)(C)C)cc1F.Cl. The summed E-state index contributed by atoms with van der Waals surface area (Å²) in [7, 11) is 1.42. The quantitative estimate of drug-likeness (QED) is 0.875. The highest BCUT2D eigenvalue weighted by Gasteiger charge is 2.26. The Balaban J connectivity index is 0.00000400. The number of ether oxygens (including phenoxy) is 1. The average Bonchev–Trinajstić information content (AvgIpc) is 2.36. The number of hydrogen-bond acceptors (Lipinski definition) is 3. The first-order chi connectivity index (χ1) is 9.25. The Kier molecular flexibility index (Phi) is 7.68. The monoisotopic (exact) mass is 318 g/mol. The van der Waals surface area contributed by atoms with E-state index in [1.165, 1.54) is 13.2 Å². The molecule has 0 aromatic heterocycles. The van der Waals surface area contributed by atoms with E-state index in [0.717, 1.165) is 5.56 Å². The van der Waals surface area contributed by atoms with E-state index < -0.39 is 11.9 Å². The van der Waals surface area contributed by atoms with Crippen molar-refractivity contribution in [2.75, 3.05) is 13.7 Å². The van der Waals surface area contributed by atoms with Crippen LogP contribution in [0.2, 0.25) is 0 Å². The standard InChI is InChI=1S/C15H23FN2O2.ClH/c1-15(2,3)13(17)14(19)18-8-7-10-5-6-12(20-4)11(16)9-10;/h5-6,9,13H,7-8,17H2,1-4H3,(H,18,19);1H/t13-;/m1./s1. The Bertz CT molecular complexity index is 475. The minimum atomic E-state index is -0.560. The fraction of sp³-hybridized carbons (Fsp3) is 0.533. The van der Waals surface area contributed by atoms with Gasteiger partial charge in [0.1, 0.15) is 0 Å². The van der Waals surface area contributed by atoms with Crippen molar-refractivity contribution in [1.82, 2.24) is 5.32 Å². The minimum Gasteiger partial charge on any atom is -0.494 e. The zero-order chi connectivity index (χ0) is 15.3. The van der Waals surface area contributed by atoms with Gasteiger partial charge in [-0.15, -0.1) is 12.4 Å². The molecule has 0 saturated heterocycles. The van der Waals surface area contributed by atoms with Gasteiger partial charge in [-0.2, -0.15) is 0 Å². The average molecular weight is 319 g/mol. The molecule has 21 heavy (non-hydrogen) atoms. The van der Waals surface area contributed by atoms with Gasteiger partial charge in [-0.05, 0) is 29.5 Å². The maximum absolute atomic E-state index is 13.5. The van der Waals surface area contributed by atoms with Gasteiger partial charge >= 0.3 is 0 Å². The summed E-state index contributed by atoms with van der Waals surface area (Å²) < 4.78 is 18.3. The summed E-state index contributed by atoms with van der Waals surface area (Å²) in [5.41, 5.74) is 6.36. The van der Waals surface area contributed by atoms with Crippen LogP contribution in [0.4, 0.5) is 4.39 Å². The largest absolute Gasteiger partial charge is 0.494 e. The van der Waals surface area contributed by atoms with Crippen LogP contribution in [-0.4, -0.2) is 25.6 Å². The number of carbonyl (C=O) groups excluding carboxylic acids is 1. The second-order valence-corrected chi connectivity index (χ2v) is 5.85. The lowest BCUT2D eigenvalue weighted by molar-refractivity contribution is -0.124. The molecule has 1 aromatic carbocycles. The van der Waals surface area contributed by atoms with Crippen LogP contribution in [0.3, 0.4) is 0 Å². The number of hydrogen-bond donors (Lipinski definition) is 2. The number of carbonyl (C=O) groups is 1. The number of halogens is 2. The van der Waals surface area contributed by atoms with Crippen molar-refractivity contribution in [2.45, 2.75) is 33.2 Å². The van der Waals surface area contributed by atoms with Crippen molar-refractivity contribution >= 4 is 18.3 Å². The second-order valence-electron chi connectivity index (χ2n) is 5.85. The van der Waals surface area contributed by atoms with Crippen LogP contribution in [0.25, 0.3) is 0 Å². The molecule has 1 aromatic rings. The number of methoxy groups -OCH3 is 1. The highest BCUT2D eigenvalue weighted by Crippen LogP contribution is 2.18. The topological polar surface area (TPSA) is 64.3 Å². The second kappa shape index (κ2) is 8.20. The fourth-order valence-electron chi connectivity index (χ4n) is 1.70. The molecule has 0 aliphatic carbocycles. The van der Waals surface area contributed by atoms with Crippen LogP contribution < -0.4 is 15.8 Å². The molecule has 0 spiro atoms. The smallest absolute Gasteiger partial charge is 0.237 e. The van der Waals surface area contributed by atoms with Crippen molar-refractivity contribution in [3.63, 3.8) is 0 Å². The lowest BCUT2D eigenvalue weighted by Gasteiger charge is -2.25. The number of benzene rings is 1. The number of amides is 1. The third-order valence-electron chi connectivity index (χ3n) is 3.14. The summed E-state index contributed by atoms with van der Waals surface area (Å²) in [4.78, 5) is 11.8. The molecule has 1 atom stereocenters. The highest BCUT2D eigenvalue weighted by atomic mass is 35.5. The van der Waals surface area contributed by atoms with Crippen LogP contribution in [0.5, 0.6) is 5.75 Å². The summed E-state index contributed by atoms with van der Waals surface area (Å²) in [6, 6.07) is 4.20. The lowest BCUT2D eigenvalue weighted by atomic mass is 9.87. The van der Waals surface area contributed by atoms with Gasteiger partial charge in [0, 0.05) is 6.54 Å². The zero-order valence-electron chi connectivity index (χ0n) is 12.9. The van der Waals surface area contributed by atoms with E-state index >= 15 is 0 Å².